The Kier molecular flexibility index (Phi) is 7.04. The van der Waals surface area contributed by atoms with Crippen molar-refractivity contribution in [2.24, 2.45) is 0 Å². The number of methoxy groups -OCH3 is 2. The average Bonchev–Trinajstić information content (AvgIpc) is 2.52. The fourth-order valence-corrected chi connectivity index (χ4v) is 1.77. The van der Waals surface area contributed by atoms with E-state index in [0.29, 0.717) is 24.4 Å². The number of amides is 2. The molecule has 0 aromatic heterocycles. The summed E-state index contributed by atoms with van der Waals surface area (Å²) in [6.45, 7) is 2.05. The van der Waals surface area contributed by atoms with Crippen molar-refractivity contribution in [2.45, 2.75) is 6.92 Å². The molecular formula is C15H20N2O5. The van der Waals surface area contributed by atoms with Gasteiger partial charge in [-0.05, 0) is 24.3 Å². The number of carbonyl (C=O) groups is 3. The normalized spacial score (nSPS) is 9.95. The summed E-state index contributed by atoms with van der Waals surface area (Å²) in [5, 5.41) is 2.65. The van der Waals surface area contributed by atoms with Crippen LogP contribution in [0.2, 0.25) is 0 Å². The lowest BCUT2D eigenvalue weighted by Crippen LogP contribution is -2.40. The Hall–Kier alpha value is -2.41. The molecule has 1 rings (SSSR count). The van der Waals surface area contributed by atoms with Gasteiger partial charge in [0.15, 0.2) is 0 Å². The van der Waals surface area contributed by atoms with Crippen LogP contribution in [-0.4, -0.2) is 51.7 Å². The second-order valence-electron chi connectivity index (χ2n) is 4.49. The zero-order valence-electron chi connectivity index (χ0n) is 12.9. The number of nitrogens with zero attached hydrogens (tertiary/aromatic N) is 1. The summed E-state index contributed by atoms with van der Waals surface area (Å²) in [4.78, 5) is 36.2. The van der Waals surface area contributed by atoms with E-state index in [1.165, 1.54) is 26.0 Å². The zero-order valence-corrected chi connectivity index (χ0v) is 12.9. The third-order valence-corrected chi connectivity index (χ3v) is 2.91. The van der Waals surface area contributed by atoms with Crippen LogP contribution in [0.4, 0.5) is 5.69 Å². The molecule has 0 spiro atoms. The minimum atomic E-state index is -0.460. The summed E-state index contributed by atoms with van der Waals surface area (Å²) in [6, 6.07) is 6.27. The van der Waals surface area contributed by atoms with E-state index in [-0.39, 0.29) is 18.4 Å². The van der Waals surface area contributed by atoms with Gasteiger partial charge in [-0.25, -0.2) is 4.79 Å². The first kappa shape index (κ1) is 17.6. The highest BCUT2D eigenvalue weighted by Crippen LogP contribution is 2.16. The number of anilines is 1. The molecule has 0 aliphatic heterocycles. The van der Waals surface area contributed by atoms with Gasteiger partial charge in [0.1, 0.15) is 6.54 Å². The molecule has 0 unspecified atom stereocenters. The van der Waals surface area contributed by atoms with Gasteiger partial charge < -0.3 is 19.7 Å². The van der Waals surface area contributed by atoms with Gasteiger partial charge in [-0.1, -0.05) is 0 Å². The van der Waals surface area contributed by atoms with Gasteiger partial charge in [0.25, 0.3) is 0 Å². The number of rotatable bonds is 7. The maximum atomic E-state index is 11.8. The maximum absolute atomic E-state index is 11.8. The van der Waals surface area contributed by atoms with Gasteiger partial charge >= 0.3 is 5.97 Å². The number of hydrogen-bond acceptors (Lipinski definition) is 5. The monoisotopic (exact) mass is 308 g/mol. The first-order chi connectivity index (χ1) is 10.5. The Morgan fingerprint density at radius 1 is 1.14 bits per heavy atom. The number of carbonyl (C=O) groups excluding carboxylic acids is 3. The number of esters is 1. The van der Waals surface area contributed by atoms with Crippen molar-refractivity contribution in [3.8, 4) is 0 Å². The van der Waals surface area contributed by atoms with Crippen molar-refractivity contribution in [1.29, 1.82) is 0 Å². The predicted molar refractivity (Wildman–Crippen MR) is 80.7 cm³/mol. The molecule has 1 N–H and O–H groups in total. The van der Waals surface area contributed by atoms with Crippen LogP contribution in [0.25, 0.3) is 0 Å². The minimum Gasteiger partial charge on any atom is -0.465 e. The maximum Gasteiger partial charge on any atom is 0.337 e. The molecule has 7 nitrogen and oxygen atoms in total. The Bertz CT molecular complexity index is 527. The standard InChI is InChI=1S/C15H20N2O5/c1-11(18)17(10-14(19)16-8-9-21-2)13-6-4-12(5-7-13)15(20)22-3/h4-7H,8-10H2,1-3H3,(H,16,19). The highest BCUT2D eigenvalue weighted by Gasteiger charge is 2.16. The summed E-state index contributed by atoms with van der Waals surface area (Å²) in [5.41, 5.74) is 0.904. The van der Waals surface area contributed by atoms with Crippen molar-refractivity contribution in [3.63, 3.8) is 0 Å². The molecule has 0 aliphatic carbocycles. The third-order valence-electron chi connectivity index (χ3n) is 2.91. The number of nitrogens with one attached hydrogen (secondary N) is 1. The molecular weight excluding hydrogens is 288 g/mol. The summed E-state index contributed by atoms with van der Waals surface area (Å²) in [7, 11) is 2.83. The van der Waals surface area contributed by atoms with Crippen molar-refractivity contribution >= 4 is 23.5 Å². The summed E-state index contributed by atoms with van der Waals surface area (Å²) in [5.74, 6) is -1.02. The summed E-state index contributed by atoms with van der Waals surface area (Å²) >= 11 is 0. The molecule has 120 valence electrons. The van der Waals surface area contributed by atoms with E-state index in [4.69, 9.17) is 4.74 Å². The van der Waals surface area contributed by atoms with Crippen LogP contribution in [0.5, 0.6) is 0 Å². The number of hydrogen-bond donors (Lipinski definition) is 1. The van der Waals surface area contributed by atoms with E-state index < -0.39 is 5.97 Å². The SMILES string of the molecule is COCCNC(=O)CN(C(C)=O)c1ccc(C(=O)OC)cc1. The van der Waals surface area contributed by atoms with Crippen molar-refractivity contribution in [3.05, 3.63) is 29.8 Å². The van der Waals surface area contributed by atoms with Crippen LogP contribution in [0.1, 0.15) is 17.3 Å². The van der Waals surface area contributed by atoms with E-state index in [1.807, 2.05) is 0 Å². The van der Waals surface area contributed by atoms with Gasteiger partial charge in [0.2, 0.25) is 11.8 Å². The summed E-state index contributed by atoms with van der Waals surface area (Å²) < 4.78 is 9.44. The predicted octanol–water partition coefficient (Wildman–Crippen LogP) is 0.589. The van der Waals surface area contributed by atoms with Crippen molar-refractivity contribution in [2.75, 3.05) is 38.8 Å². The molecule has 0 aliphatic rings. The molecule has 0 fully saturated rings. The Balaban J connectivity index is 2.76. The van der Waals surface area contributed by atoms with Crippen molar-refractivity contribution < 1.29 is 23.9 Å². The highest BCUT2D eigenvalue weighted by molar-refractivity contribution is 5.98. The van der Waals surface area contributed by atoms with Gasteiger partial charge in [-0.2, -0.15) is 0 Å². The van der Waals surface area contributed by atoms with Crippen LogP contribution < -0.4 is 10.2 Å². The van der Waals surface area contributed by atoms with E-state index in [1.54, 1.807) is 24.3 Å². The first-order valence-electron chi connectivity index (χ1n) is 6.71. The molecule has 0 saturated carbocycles. The van der Waals surface area contributed by atoms with Crippen LogP contribution >= 0.6 is 0 Å². The van der Waals surface area contributed by atoms with Gasteiger partial charge in [-0.3, -0.25) is 9.59 Å². The zero-order chi connectivity index (χ0) is 16.5. The van der Waals surface area contributed by atoms with Gasteiger partial charge in [0, 0.05) is 26.3 Å². The minimum absolute atomic E-state index is 0.101. The fourth-order valence-electron chi connectivity index (χ4n) is 1.77. The third kappa shape index (κ3) is 5.17. The van der Waals surface area contributed by atoms with Crippen LogP contribution in [0.3, 0.4) is 0 Å². The lowest BCUT2D eigenvalue weighted by Gasteiger charge is -2.20. The molecule has 0 radical (unpaired) electrons. The molecule has 2 amide bonds. The molecule has 0 atom stereocenters. The second-order valence-corrected chi connectivity index (χ2v) is 4.49. The lowest BCUT2D eigenvalue weighted by atomic mass is 10.2. The Labute approximate surface area is 129 Å². The van der Waals surface area contributed by atoms with E-state index in [2.05, 4.69) is 10.1 Å². The van der Waals surface area contributed by atoms with Crippen molar-refractivity contribution in [1.82, 2.24) is 5.32 Å². The Morgan fingerprint density at radius 2 is 1.77 bits per heavy atom. The first-order valence-corrected chi connectivity index (χ1v) is 6.71. The van der Waals surface area contributed by atoms with E-state index in [0.717, 1.165) is 0 Å². The highest BCUT2D eigenvalue weighted by atomic mass is 16.5. The lowest BCUT2D eigenvalue weighted by molar-refractivity contribution is -0.123. The van der Waals surface area contributed by atoms with Gasteiger partial charge in [0.05, 0.1) is 19.3 Å². The average molecular weight is 308 g/mol. The second kappa shape index (κ2) is 8.78. The topological polar surface area (TPSA) is 84.9 Å². The molecule has 22 heavy (non-hydrogen) atoms. The molecule has 1 aromatic carbocycles. The quantitative estimate of drug-likeness (QED) is 0.588. The fraction of sp³-hybridized carbons (Fsp3) is 0.400. The summed E-state index contributed by atoms with van der Waals surface area (Å²) in [6.07, 6.45) is 0. The Morgan fingerprint density at radius 3 is 2.27 bits per heavy atom. The largest absolute Gasteiger partial charge is 0.465 e. The molecule has 0 bridgehead atoms. The molecule has 1 aromatic rings. The van der Waals surface area contributed by atoms with E-state index in [9.17, 15) is 14.4 Å². The van der Waals surface area contributed by atoms with Crippen LogP contribution in [0.15, 0.2) is 24.3 Å². The molecule has 0 saturated heterocycles. The molecule has 0 heterocycles. The number of benzene rings is 1. The van der Waals surface area contributed by atoms with Crippen LogP contribution in [-0.2, 0) is 19.1 Å². The van der Waals surface area contributed by atoms with E-state index >= 15 is 0 Å². The van der Waals surface area contributed by atoms with Gasteiger partial charge in [-0.15, -0.1) is 0 Å². The van der Waals surface area contributed by atoms with Crippen LogP contribution in [0, 0.1) is 0 Å². The smallest absolute Gasteiger partial charge is 0.337 e. The molecule has 7 heteroatoms. The number of ether oxygens (including phenoxy) is 2.